The van der Waals surface area contributed by atoms with E-state index < -0.39 is 0 Å². The van der Waals surface area contributed by atoms with Gasteiger partial charge in [-0.1, -0.05) is 133 Å². The third-order valence-corrected chi connectivity index (χ3v) is 12.6. The second kappa shape index (κ2) is 13.6. The maximum atomic E-state index is 6.47. The van der Waals surface area contributed by atoms with Crippen LogP contribution in [0.4, 0.5) is 17.1 Å². The van der Waals surface area contributed by atoms with Gasteiger partial charge in [-0.15, -0.1) is 0 Å². The van der Waals surface area contributed by atoms with Crippen LogP contribution in [0, 0.1) is 0 Å². The molecule has 0 fully saturated rings. The molecule has 0 saturated carbocycles. The van der Waals surface area contributed by atoms with Crippen LogP contribution in [0.15, 0.2) is 229 Å². The first-order valence-corrected chi connectivity index (χ1v) is 21.2. The molecule has 4 nitrogen and oxygen atoms in total. The van der Waals surface area contributed by atoms with Gasteiger partial charge >= 0.3 is 0 Å². The second-order valence-corrected chi connectivity index (χ2v) is 16.1. The highest BCUT2D eigenvalue weighted by Crippen LogP contribution is 2.45. The number of hydrogen-bond donors (Lipinski definition) is 0. The van der Waals surface area contributed by atoms with Crippen LogP contribution in [0.2, 0.25) is 0 Å². The summed E-state index contributed by atoms with van der Waals surface area (Å²) in [6.07, 6.45) is 0. The van der Waals surface area contributed by atoms with Crippen LogP contribution >= 0.6 is 0 Å². The minimum Gasteiger partial charge on any atom is -0.456 e. The summed E-state index contributed by atoms with van der Waals surface area (Å²) in [4.78, 5) is 2.43. The van der Waals surface area contributed by atoms with Crippen molar-refractivity contribution in [1.82, 2.24) is 9.13 Å². The molecule has 0 saturated heterocycles. The molecule has 0 N–H and O–H groups in total. The first-order valence-electron chi connectivity index (χ1n) is 21.2. The molecule has 0 amide bonds. The van der Waals surface area contributed by atoms with Gasteiger partial charge in [-0.2, -0.15) is 0 Å². The predicted molar refractivity (Wildman–Crippen MR) is 260 cm³/mol. The lowest BCUT2D eigenvalue weighted by atomic mass is 9.99. The largest absolute Gasteiger partial charge is 0.456 e. The summed E-state index contributed by atoms with van der Waals surface area (Å²) in [6.45, 7) is 0. The zero-order valence-electron chi connectivity index (χ0n) is 33.6. The van der Waals surface area contributed by atoms with E-state index in [-0.39, 0.29) is 0 Å². The molecule has 290 valence electrons. The van der Waals surface area contributed by atoms with Crippen LogP contribution in [0.25, 0.3) is 98.8 Å². The van der Waals surface area contributed by atoms with Crippen LogP contribution in [-0.2, 0) is 0 Å². The van der Waals surface area contributed by atoms with Crippen molar-refractivity contribution in [3.8, 4) is 22.5 Å². The molecule has 13 aromatic rings. The second-order valence-electron chi connectivity index (χ2n) is 16.1. The number of fused-ring (bicyclic) bond motifs is 10. The lowest BCUT2D eigenvalue weighted by Gasteiger charge is -2.29. The van der Waals surface area contributed by atoms with Crippen molar-refractivity contribution in [3.05, 3.63) is 224 Å². The van der Waals surface area contributed by atoms with Gasteiger partial charge in [0.05, 0.1) is 27.8 Å². The van der Waals surface area contributed by atoms with Crippen molar-refractivity contribution < 1.29 is 4.42 Å². The van der Waals surface area contributed by atoms with Crippen molar-refractivity contribution in [3.63, 3.8) is 0 Å². The van der Waals surface area contributed by atoms with Gasteiger partial charge in [0.2, 0.25) is 0 Å². The average Bonchev–Trinajstić information content (AvgIpc) is 3.98. The highest BCUT2D eigenvalue weighted by Gasteiger charge is 2.21. The average molecular weight is 792 g/mol. The standard InChI is InChI=1S/C58H37N3O/c1-2-16-39-35-58-51(33-38(39)15-1)50-34-40(31-32-57(50)62-58)45-21-3-8-26-52(45)59(41-17-13-19-43(36-41)60-53-27-9-4-22-46(53)47-23-5-10-28-54(47)60)42-18-14-20-44(37-42)61-55-29-11-6-24-48(55)49-25-7-12-30-56(49)61/h1-37H. The first-order chi connectivity index (χ1) is 30.7. The third kappa shape index (κ3) is 5.27. The van der Waals surface area contributed by atoms with Crippen LogP contribution in [0.5, 0.6) is 0 Å². The molecule has 0 atom stereocenters. The van der Waals surface area contributed by atoms with E-state index in [4.69, 9.17) is 4.42 Å². The lowest BCUT2D eigenvalue weighted by Crippen LogP contribution is -2.12. The Balaban J connectivity index is 1.04. The van der Waals surface area contributed by atoms with E-state index in [9.17, 15) is 0 Å². The van der Waals surface area contributed by atoms with E-state index in [1.807, 2.05) is 0 Å². The predicted octanol–water partition coefficient (Wildman–Crippen LogP) is 16.1. The Morgan fingerprint density at radius 2 is 0.790 bits per heavy atom. The van der Waals surface area contributed by atoms with E-state index in [0.717, 1.165) is 61.5 Å². The molecule has 13 rings (SSSR count). The number of anilines is 3. The minimum atomic E-state index is 0.881. The molecule has 10 aromatic carbocycles. The summed E-state index contributed by atoms with van der Waals surface area (Å²) < 4.78 is 11.3. The van der Waals surface area contributed by atoms with Gasteiger partial charge in [0.1, 0.15) is 11.2 Å². The van der Waals surface area contributed by atoms with Crippen molar-refractivity contribution in [2.75, 3.05) is 4.90 Å². The Morgan fingerprint density at radius 1 is 0.323 bits per heavy atom. The molecule has 62 heavy (non-hydrogen) atoms. The van der Waals surface area contributed by atoms with Crippen LogP contribution in [0.1, 0.15) is 0 Å². The summed E-state index contributed by atoms with van der Waals surface area (Å²) in [5.74, 6) is 0. The topological polar surface area (TPSA) is 26.2 Å². The summed E-state index contributed by atoms with van der Waals surface area (Å²) in [7, 11) is 0. The Bertz CT molecular complexity index is 3640. The molecule has 0 bridgehead atoms. The molecule has 0 aliphatic rings. The van der Waals surface area contributed by atoms with Crippen LogP contribution in [-0.4, -0.2) is 9.13 Å². The summed E-state index contributed by atoms with van der Waals surface area (Å²) in [6, 6.07) is 81.1. The Labute approximate surface area is 357 Å². The maximum Gasteiger partial charge on any atom is 0.136 e. The fraction of sp³-hybridized carbons (Fsp3) is 0. The normalized spacial score (nSPS) is 11.9. The van der Waals surface area contributed by atoms with E-state index in [0.29, 0.717) is 0 Å². The van der Waals surface area contributed by atoms with E-state index in [2.05, 4.69) is 238 Å². The van der Waals surface area contributed by atoms with Gasteiger partial charge in [0.25, 0.3) is 0 Å². The minimum absolute atomic E-state index is 0.881. The number of hydrogen-bond acceptors (Lipinski definition) is 2. The van der Waals surface area contributed by atoms with Gasteiger partial charge in [0.15, 0.2) is 0 Å². The lowest BCUT2D eigenvalue weighted by molar-refractivity contribution is 0.669. The van der Waals surface area contributed by atoms with Gasteiger partial charge in [0, 0.05) is 60.6 Å². The van der Waals surface area contributed by atoms with Gasteiger partial charge in [-0.25, -0.2) is 0 Å². The molecule has 0 spiro atoms. The highest BCUT2D eigenvalue weighted by atomic mass is 16.3. The fourth-order valence-corrected chi connectivity index (χ4v) is 9.91. The molecule has 0 radical (unpaired) electrons. The number of para-hydroxylation sites is 5. The fourth-order valence-electron chi connectivity index (χ4n) is 9.91. The zero-order chi connectivity index (χ0) is 40.7. The van der Waals surface area contributed by atoms with Gasteiger partial charge in [-0.3, -0.25) is 0 Å². The third-order valence-electron chi connectivity index (χ3n) is 12.6. The molecule has 3 heterocycles. The zero-order valence-corrected chi connectivity index (χ0v) is 33.6. The molecule has 0 aliphatic carbocycles. The summed E-state index contributed by atoms with van der Waals surface area (Å²) in [5.41, 5.74) is 14.1. The van der Waals surface area contributed by atoms with E-state index in [1.54, 1.807) is 0 Å². The monoisotopic (exact) mass is 791 g/mol. The maximum absolute atomic E-state index is 6.47. The van der Waals surface area contributed by atoms with E-state index >= 15 is 0 Å². The van der Waals surface area contributed by atoms with Crippen LogP contribution in [0.3, 0.4) is 0 Å². The van der Waals surface area contributed by atoms with E-state index in [1.165, 1.54) is 54.4 Å². The number of rotatable bonds is 6. The Hall–Kier alpha value is -8.34. The first kappa shape index (κ1) is 34.5. The molecule has 3 aromatic heterocycles. The number of benzene rings is 10. The van der Waals surface area contributed by atoms with Gasteiger partial charge in [-0.05, 0) is 107 Å². The highest BCUT2D eigenvalue weighted by molar-refractivity contribution is 6.12. The SMILES string of the molecule is c1cc(N(c2cccc(-n3c4ccccc4c4ccccc43)c2)c2ccccc2-c2ccc3oc4cc5ccccc5cc4c3c2)cc(-n2c3ccccc3c3ccccc32)c1. The molecule has 4 heteroatoms. The molecule has 0 aliphatic heterocycles. The number of furan rings is 1. The number of nitrogens with zero attached hydrogens (tertiary/aromatic N) is 3. The Kier molecular flexibility index (Phi) is 7.57. The molecular formula is C58H37N3O. The van der Waals surface area contributed by atoms with Crippen LogP contribution < -0.4 is 4.90 Å². The molecular weight excluding hydrogens is 755 g/mol. The van der Waals surface area contributed by atoms with Crippen molar-refractivity contribution in [2.24, 2.45) is 0 Å². The summed E-state index contributed by atoms with van der Waals surface area (Å²) in [5, 5.41) is 9.56. The smallest absolute Gasteiger partial charge is 0.136 e. The molecule has 0 unspecified atom stereocenters. The summed E-state index contributed by atoms with van der Waals surface area (Å²) >= 11 is 0. The van der Waals surface area contributed by atoms with Crippen molar-refractivity contribution in [2.45, 2.75) is 0 Å². The quantitative estimate of drug-likeness (QED) is 0.168. The van der Waals surface area contributed by atoms with Crippen molar-refractivity contribution >= 4 is 93.4 Å². The van der Waals surface area contributed by atoms with Crippen molar-refractivity contribution in [1.29, 1.82) is 0 Å². The number of aromatic nitrogens is 2. The Morgan fingerprint density at radius 3 is 1.35 bits per heavy atom. The van der Waals surface area contributed by atoms with Gasteiger partial charge < -0.3 is 18.5 Å².